The highest BCUT2D eigenvalue weighted by Crippen LogP contribution is 2.30. The van der Waals surface area contributed by atoms with Crippen molar-refractivity contribution in [2.45, 2.75) is 29.9 Å². The minimum atomic E-state index is -3.39. The molecule has 0 spiro atoms. The van der Waals surface area contributed by atoms with Gasteiger partial charge in [0, 0.05) is 13.1 Å². The van der Waals surface area contributed by atoms with Crippen LogP contribution in [0.5, 0.6) is 0 Å². The Bertz CT molecular complexity index is 679. The van der Waals surface area contributed by atoms with Gasteiger partial charge in [-0.25, -0.2) is 8.42 Å². The van der Waals surface area contributed by atoms with Crippen molar-refractivity contribution in [1.29, 1.82) is 0 Å². The van der Waals surface area contributed by atoms with Crippen molar-refractivity contribution in [3.8, 4) is 0 Å². The second-order valence-corrected chi connectivity index (χ2v) is 7.93. The van der Waals surface area contributed by atoms with Crippen molar-refractivity contribution in [3.05, 3.63) is 29.2 Å². The Morgan fingerprint density at radius 3 is 3.00 bits per heavy atom. The minimum absolute atomic E-state index is 0.0142. The van der Waals surface area contributed by atoms with Crippen LogP contribution in [0.1, 0.15) is 30.5 Å². The molecule has 3 heterocycles. The molecule has 0 aliphatic carbocycles. The zero-order valence-electron chi connectivity index (χ0n) is 11.0. The Balaban J connectivity index is 1.82. The Hall–Kier alpha value is -1.25. The summed E-state index contributed by atoms with van der Waals surface area (Å²) in [7, 11) is -3.39. The molecule has 108 valence electrons. The Morgan fingerprint density at radius 1 is 1.50 bits per heavy atom. The number of aromatic nitrogens is 2. The van der Waals surface area contributed by atoms with Crippen molar-refractivity contribution >= 4 is 21.4 Å². The van der Waals surface area contributed by atoms with Gasteiger partial charge in [0.25, 0.3) is 10.0 Å². The molecule has 1 aliphatic rings. The van der Waals surface area contributed by atoms with Gasteiger partial charge >= 0.3 is 0 Å². The first kappa shape index (κ1) is 13.7. The maximum absolute atomic E-state index is 12.5. The molecule has 0 aromatic carbocycles. The van der Waals surface area contributed by atoms with Gasteiger partial charge in [-0.05, 0) is 31.2 Å². The number of hydrogen-bond acceptors (Lipinski definition) is 6. The van der Waals surface area contributed by atoms with Gasteiger partial charge < -0.3 is 4.52 Å². The van der Waals surface area contributed by atoms with E-state index in [4.69, 9.17) is 4.52 Å². The lowest BCUT2D eigenvalue weighted by Crippen LogP contribution is -2.38. The fourth-order valence-electron chi connectivity index (χ4n) is 2.38. The van der Waals surface area contributed by atoms with Gasteiger partial charge in [-0.15, -0.1) is 11.3 Å². The zero-order valence-corrected chi connectivity index (χ0v) is 12.7. The average molecular weight is 313 g/mol. The summed E-state index contributed by atoms with van der Waals surface area (Å²) in [4.78, 5) is 4.22. The summed E-state index contributed by atoms with van der Waals surface area (Å²) in [6.07, 6.45) is 1.68. The molecule has 1 fully saturated rings. The summed E-state index contributed by atoms with van der Waals surface area (Å²) in [5.41, 5.74) is 0. The summed E-state index contributed by atoms with van der Waals surface area (Å²) < 4.78 is 32.1. The van der Waals surface area contributed by atoms with Crippen LogP contribution in [0.15, 0.2) is 26.2 Å². The van der Waals surface area contributed by atoms with Crippen molar-refractivity contribution in [2.75, 3.05) is 13.1 Å². The Morgan fingerprint density at radius 2 is 2.35 bits per heavy atom. The van der Waals surface area contributed by atoms with Crippen LogP contribution in [0.3, 0.4) is 0 Å². The maximum Gasteiger partial charge on any atom is 0.252 e. The van der Waals surface area contributed by atoms with Crippen molar-refractivity contribution in [3.63, 3.8) is 0 Å². The second kappa shape index (κ2) is 5.27. The lowest BCUT2D eigenvalue weighted by atomic mass is 10.00. The van der Waals surface area contributed by atoms with Crippen LogP contribution in [0.2, 0.25) is 0 Å². The molecule has 0 unspecified atom stereocenters. The molecule has 2 aromatic heterocycles. The molecular weight excluding hydrogens is 298 g/mol. The largest absolute Gasteiger partial charge is 0.339 e. The molecule has 8 heteroatoms. The van der Waals surface area contributed by atoms with Gasteiger partial charge in [0.15, 0.2) is 5.82 Å². The van der Waals surface area contributed by atoms with Crippen LogP contribution < -0.4 is 0 Å². The average Bonchev–Trinajstić information content (AvgIpc) is 3.10. The predicted molar refractivity (Wildman–Crippen MR) is 74.1 cm³/mol. The topological polar surface area (TPSA) is 76.3 Å². The van der Waals surface area contributed by atoms with E-state index >= 15 is 0 Å². The molecule has 0 bridgehead atoms. The molecule has 1 saturated heterocycles. The molecule has 0 N–H and O–H groups in total. The van der Waals surface area contributed by atoms with E-state index in [9.17, 15) is 8.42 Å². The van der Waals surface area contributed by atoms with Crippen molar-refractivity contribution in [2.24, 2.45) is 0 Å². The van der Waals surface area contributed by atoms with Gasteiger partial charge in [0.1, 0.15) is 4.21 Å². The predicted octanol–water partition coefficient (Wildman–Crippen LogP) is 2.01. The fourth-order valence-corrected chi connectivity index (χ4v) is 5.05. The molecule has 20 heavy (non-hydrogen) atoms. The van der Waals surface area contributed by atoms with Crippen molar-refractivity contribution < 1.29 is 12.9 Å². The molecule has 2 aromatic rings. The number of piperidine rings is 1. The van der Waals surface area contributed by atoms with Gasteiger partial charge in [0.05, 0.1) is 5.92 Å². The summed E-state index contributed by atoms with van der Waals surface area (Å²) in [5, 5.41) is 5.55. The number of thiophene rings is 1. The first-order chi connectivity index (χ1) is 9.57. The summed E-state index contributed by atoms with van der Waals surface area (Å²) >= 11 is 1.24. The van der Waals surface area contributed by atoms with Crippen molar-refractivity contribution in [1.82, 2.24) is 14.4 Å². The SMILES string of the molecule is Cc1noc([C@@H]2CCCN(S(=O)(=O)c3cccs3)C2)n1. The quantitative estimate of drug-likeness (QED) is 0.866. The van der Waals surface area contributed by atoms with Crippen LogP contribution in [-0.4, -0.2) is 36.0 Å². The second-order valence-electron chi connectivity index (χ2n) is 4.81. The highest BCUT2D eigenvalue weighted by Gasteiger charge is 2.33. The summed E-state index contributed by atoms with van der Waals surface area (Å²) in [5.74, 6) is 1.10. The van der Waals surface area contributed by atoms with Gasteiger partial charge in [-0.1, -0.05) is 11.2 Å². The maximum atomic E-state index is 12.5. The van der Waals surface area contributed by atoms with E-state index in [1.165, 1.54) is 15.6 Å². The summed E-state index contributed by atoms with van der Waals surface area (Å²) in [6.45, 7) is 2.71. The normalized spacial score (nSPS) is 21.1. The first-order valence-electron chi connectivity index (χ1n) is 6.41. The van der Waals surface area contributed by atoms with E-state index in [2.05, 4.69) is 10.1 Å². The number of hydrogen-bond donors (Lipinski definition) is 0. The molecule has 3 rings (SSSR count). The van der Waals surface area contributed by atoms with Crippen LogP contribution in [-0.2, 0) is 10.0 Å². The van der Waals surface area contributed by atoms with Gasteiger partial charge in [-0.3, -0.25) is 0 Å². The van der Waals surface area contributed by atoms with E-state index in [1.54, 1.807) is 24.4 Å². The smallest absolute Gasteiger partial charge is 0.252 e. The molecule has 1 atom stereocenters. The van der Waals surface area contributed by atoms with E-state index in [0.717, 1.165) is 12.8 Å². The Labute approximate surface area is 121 Å². The third-order valence-electron chi connectivity index (χ3n) is 3.37. The third kappa shape index (κ3) is 2.50. The summed E-state index contributed by atoms with van der Waals surface area (Å²) in [6, 6.07) is 3.39. The molecular formula is C12H15N3O3S2. The van der Waals surface area contributed by atoms with E-state index in [0.29, 0.717) is 29.0 Å². The fraction of sp³-hybridized carbons (Fsp3) is 0.500. The highest BCUT2D eigenvalue weighted by molar-refractivity contribution is 7.91. The van der Waals surface area contributed by atoms with Crippen LogP contribution in [0.25, 0.3) is 0 Å². The van der Waals surface area contributed by atoms with E-state index < -0.39 is 10.0 Å². The zero-order chi connectivity index (χ0) is 14.2. The number of nitrogens with zero attached hydrogens (tertiary/aromatic N) is 3. The van der Waals surface area contributed by atoms with Crippen LogP contribution >= 0.6 is 11.3 Å². The number of rotatable bonds is 3. The number of aryl methyl sites for hydroxylation is 1. The van der Waals surface area contributed by atoms with E-state index in [-0.39, 0.29) is 5.92 Å². The highest BCUT2D eigenvalue weighted by atomic mass is 32.2. The van der Waals surface area contributed by atoms with Gasteiger partial charge in [0.2, 0.25) is 5.89 Å². The first-order valence-corrected chi connectivity index (χ1v) is 8.73. The standard InChI is InChI=1S/C12H15N3O3S2/c1-9-13-12(18-14-9)10-4-2-6-15(8-10)20(16,17)11-5-3-7-19-11/h3,5,7,10H,2,4,6,8H2,1H3/t10-/m1/s1. The molecule has 0 radical (unpaired) electrons. The van der Waals surface area contributed by atoms with Crippen LogP contribution in [0.4, 0.5) is 0 Å². The number of sulfonamides is 1. The lowest BCUT2D eigenvalue weighted by molar-refractivity contribution is 0.265. The third-order valence-corrected chi connectivity index (χ3v) is 6.60. The minimum Gasteiger partial charge on any atom is -0.339 e. The van der Waals surface area contributed by atoms with Gasteiger partial charge in [-0.2, -0.15) is 9.29 Å². The molecule has 6 nitrogen and oxygen atoms in total. The monoisotopic (exact) mass is 313 g/mol. The van der Waals surface area contributed by atoms with Crippen LogP contribution in [0, 0.1) is 6.92 Å². The van der Waals surface area contributed by atoms with E-state index in [1.807, 2.05) is 0 Å². The molecule has 0 amide bonds. The molecule has 1 aliphatic heterocycles. The lowest BCUT2D eigenvalue weighted by Gasteiger charge is -2.29. The Kier molecular flexibility index (Phi) is 3.61. The molecule has 0 saturated carbocycles.